The molecule has 2 heterocycles. The van der Waals surface area contributed by atoms with Crippen molar-refractivity contribution < 1.29 is 22.8 Å². The smallest absolute Gasteiger partial charge is 0.321 e. The van der Waals surface area contributed by atoms with Crippen LogP contribution in [0.4, 0.5) is 20.4 Å². The van der Waals surface area contributed by atoms with E-state index < -0.39 is 17.2 Å². The first-order valence-electron chi connectivity index (χ1n) is 9.62. The van der Waals surface area contributed by atoms with E-state index in [1.165, 1.54) is 20.3 Å². The fourth-order valence-electron chi connectivity index (χ4n) is 3.44. The average Bonchev–Trinajstić information content (AvgIpc) is 3.16. The maximum atomic E-state index is 13.8. The van der Waals surface area contributed by atoms with Gasteiger partial charge in [-0.1, -0.05) is 11.2 Å². The van der Waals surface area contributed by atoms with Crippen LogP contribution in [-0.4, -0.2) is 28.9 Å². The summed E-state index contributed by atoms with van der Waals surface area (Å²) in [4.78, 5) is 16.7. The van der Waals surface area contributed by atoms with Gasteiger partial charge in [0.15, 0.2) is 23.1 Å². The molecule has 0 fully saturated rings. The minimum absolute atomic E-state index is 0.0281. The highest BCUT2D eigenvalue weighted by molar-refractivity contribution is 5.77. The molecule has 0 saturated heterocycles. The number of anilines is 2. The van der Waals surface area contributed by atoms with E-state index in [4.69, 9.17) is 14.0 Å². The third-order valence-corrected chi connectivity index (χ3v) is 5.06. The number of rotatable bonds is 6. The third kappa shape index (κ3) is 3.75. The largest absolute Gasteiger partial charge is 0.493 e. The zero-order valence-electron chi connectivity index (χ0n) is 17.8. The number of methoxy groups -OCH3 is 2. The van der Waals surface area contributed by atoms with Crippen LogP contribution in [0.5, 0.6) is 11.5 Å². The van der Waals surface area contributed by atoms with Gasteiger partial charge in [0.05, 0.1) is 20.8 Å². The molecule has 0 aliphatic heterocycles. The molecule has 4 rings (SSSR count). The van der Waals surface area contributed by atoms with Gasteiger partial charge in [0.2, 0.25) is 5.95 Å². The van der Waals surface area contributed by atoms with E-state index in [9.17, 15) is 13.6 Å². The molecular formula is C22H20F2N4O4. The van der Waals surface area contributed by atoms with Crippen molar-refractivity contribution in [1.29, 1.82) is 0 Å². The highest BCUT2D eigenvalue weighted by Crippen LogP contribution is 2.34. The van der Waals surface area contributed by atoms with Gasteiger partial charge in [-0.15, -0.1) is 0 Å². The molecule has 166 valence electrons. The molecule has 0 amide bonds. The Balaban J connectivity index is 1.88. The van der Waals surface area contributed by atoms with Crippen molar-refractivity contribution in [1.82, 2.24) is 14.7 Å². The van der Waals surface area contributed by atoms with Gasteiger partial charge in [-0.2, -0.15) is 4.98 Å². The summed E-state index contributed by atoms with van der Waals surface area (Å²) in [5, 5.41) is 7.01. The minimum atomic E-state index is -0.972. The van der Waals surface area contributed by atoms with Crippen LogP contribution in [0.15, 0.2) is 39.6 Å². The molecule has 0 radical (unpaired) electrons. The normalized spacial score (nSPS) is 11.1. The number of hydrogen-bond donors (Lipinski definition) is 1. The first-order valence-corrected chi connectivity index (χ1v) is 9.62. The number of nitrogens with one attached hydrogen (secondary N) is 1. The molecular weight excluding hydrogens is 422 g/mol. The van der Waals surface area contributed by atoms with Crippen LogP contribution in [0.2, 0.25) is 0 Å². The molecule has 0 spiro atoms. The monoisotopic (exact) mass is 442 g/mol. The van der Waals surface area contributed by atoms with Crippen molar-refractivity contribution in [3.63, 3.8) is 0 Å². The number of nitrogens with zero attached hydrogens (tertiary/aromatic N) is 3. The van der Waals surface area contributed by atoms with Crippen LogP contribution >= 0.6 is 0 Å². The van der Waals surface area contributed by atoms with Crippen molar-refractivity contribution in [2.75, 3.05) is 19.5 Å². The molecule has 2 aromatic carbocycles. The van der Waals surface area contributed by atoms with Crippen LogP contribution in [0.25, 0.3) is 11.1 Å². The molecule has 0 atom stereocenters. The fraction of sp³-hybridized carbons (Fsp3) is 0.227. The number of halogens is 2. The second-order valence-corrected chi connectivity index (χ2v) is 7.17. The quantitative estimate of drug-likeness (QED) is 0.481. The Hall–Kier alpha value is -3.95. The Kier molecular flexibility index (Phi) is 5.52. The molecule has 0 unspecified atom stereocenters. The number of benzene rings is 2. The molecule has 10 heteroatoms. The second-order valence-electron chi connectivity index (χ2n) is 7.17. The van der Waals surface area contributed by atoms with Gasteiger partial charge < -0.3 is 23.9 Å². The van der Waals surface area contributed by atoms with Gasteiger partial charge in [0, 0.05) is 11.8 Å². The molecule has 0 saturated carbocycles. The maximum absolute atomic E-state index is 13.8. The molecule has 8 nitrogen and oxygen atoms in total. The molecule has 1 N–H and O–H groups in total. The van der Waals surface area contributed by atoms with Crippen LogP contribution in [0.3, 0.4) is 0 Å². The number of aryl methyl sites for hydroxylation is 2. The van der Waals surface area contributed by atoms with E-state index in [1.54, 1.807) is 23.6 Å². The average molecular weight is 442 g/mol. The number of fused-ring (bicyclic) bond motifs is 1. The summed E-state index contributed by atoms with van der Waals surface area (Å²) in [5.41, 5.74) is 2.09. The van der Waals surface area contributed by atoms with Crippen LogP contribution in [0.1, 0.15) is 16.8 Å². The summed E-state index contributed by atoms with van der Waals surface area (Å²) in [5.74, 6) is -0.711. The summed E-state index contributed by atoms with van der Waals surface area (Å²) in [6.07, 6.45) is 0. The predicted octanol–water partition coefficient (Wildman–Crippen LogP) is 4.09. The minimum Gasteiger partial charge on any atom is -0.493 e. The summed E-state index contributed by atoms with van der Waals surface area (Å²) in [7, 11) is 3.05. The van der Waals surface area contributed by atoms with Gasteiger partial charge in [-0.05, 0) is 43.2 Å². The van der Waals surface area contributed by atoms with Crippen molar-refractivity contribution in [2.24, 2.45) is 0 Å². The first kappa shape index (κ1) is 21.3. The lowest BCUT2D eigenvalue weighted by Crippen LogP contribution is -2.18. The number of ether oxygens (including phenoxy) is 2. The van der Waals surface area contributed by atoms with E-state index in [1.807, 2.05) is 6.92 Å². The molecule has 4 aromatic rings. The highest BCUT2D eigenvalue weighted by Gasteiger charge is 2.19. The topological polar surface area (TPSA) is 91.4 Å². The summed E-state index contributed by atoms with van der Waals surface area (Å²) in [6, 6.07) is 7.09. The Morgan fingerprint density at radius 3 is 2.47 bits per heavy atom. The third-order valence-electron chi connectivity index (χ3n) is 5.06. The van der Waals surface area contributed by atoms with E-state index in [2.05, 4.69) is 15.5 Å². The van der Waals surface area contributed by atoms with Crippen LogP contribution < -0.4 is 20.3 Å². The van der Waals surface area contributed by atoms with E-state index >= 15 is 0 Å². The fourth-order valence-corrected chi connectivity index (χ4v) is 3.44. The summed E-state index contributed by atoms with van der Waals surface area (Å²) >= 11 is 0. The lowest BCUT2D eigenvalue weighted by molar-refractivity contribution is 0.355. The Labute approximate surface area is 181 Å². The highest BCUT2D eigenvalue weighted by atomic mass is 19.2. The van der Waals surface area contributed by atoms with Crippen molar-refractivity contribution in [3.8, 4) is 11.5 Å². The number of aromatic nitrogens is 3. The Morgan fingerprint density at radius 1 is 1.06 bits per heavy atom. The van der Waals surface area contributed by atoms with Gasteiger partial charge in [0.25, 0.3) is 5.58 Å². The lowest BCUT2D eigenvalue weighted by atomic mass is 10.1. The zero-order valence-corrected chi connectivity index (χ0v) is 17.8. The Morgan fingerprint density at radius 2 is 1.78 bits per heavy atom. The summed E-state index contributed by atoms with van der Waals surface area (Å²) < 4.78 is 44.7. The summed E-state index contributed by atoms with van der Waals surface area (Å²) in [6.45, 7) is 3.61. The van der Waals surface area contributed by atoms with Crippen LogP contribution in [0, 0.1) is 25.5 Å². The van der Waals surface area contributed by atoms with E-state index in [0.717, 1.165) is 17.7 Å². The van der Waals surface area contributed by atoms with E-state index in [0.29, 0.717) is 34.0 Å². The van der Waals surface area contributed by atoms with Gasteiger partial charge in [-0.25, -0.2) is 8.78 Å². The molecule has 2 aromatic heterocycles. The van der Waals surface area contributed by atoms with Gasteiger partial charge >= 0.3 is 5.56 Å². The molecule has 0 aliphatic carbocycles. The van der Waals surface area contributed by atoms with Gasteiger partial charge in [-0.3, -0.25) is 4.79 Å². The SMILES string of the molecule is COc1cc(C)c(Nc2nc(=O)c3onc(C)c3n2Cc2ccc(F)c(F)c2)cc1OC. The zero-order chi connectivity index (χ0) is 23.0. The molecule has 0 aliphatic rings. The molecule has 32 heavy (non-hydrogen) atoms. The molecule has 0 bridgehead atoms. The maximum Gasteiger partial charge on any atom is 0.321 e. The standard InChI is InChI=1S/C22H20F2N4O4/c1-11-7-17(30-3)18(31-4)9-16(11)25-22-26-21(29)20-19(12(2)27-32-20)28(22)10-13-5-6-14(23)15(24)8-13/h5-9H,10H2,1-4H3,(H,25,26,29). The second kappa shape index (κ2) is 8.29. The Bertz CT molecular complexity index is 1380. The van der Waals surface area contributed by atoms with Crippen molar-refractivity contribution in [3.05, 3.63) is 69.1 Å². The number of hydrogen-bond acceptors (Lipinski definition) is 7. The lowest BCUT2D eigenvalue weighted by Gasteiger charge is -2.18. The van der Waals surface area contributed by atoms with Gasteiger partial charge in [0.1, 0.15) is 11.2 Å². The predicted molar refractivity (Wildman–Crippen MR) is 114 cm³/mol. The van der Waals surface area contributed by atoms with E-state index in [-0.39, 0.29) is 18.1 Å². The van der Waals surface area contributed by atoms with Crippen LogP contribution in [-0.2, 0) is 6.54 Å². The van der Waals surface area contributed by atoms with Crippen molar-refractivity contribution >= 4 is 22.7 Å². The van der Waals surface area contributed by atoms with Crippen molar-refractivity contribution in [2.45, 2.75) is 20.4 Å². The first-order chi connectivity index (χ1) is 15.3.